The van der Waals surface area contributed by atoms with Gasteiger partial charge in [-0.25, -0.2) is 15.0 Å². The monoisotopic (exact) mass is 385 g/mol. The molecule has 0 unspecified atom stereocenters. The van der Waals surface area contributed by atoms with Gasteiger partial charge in [-0.3, -0.25) is 4.79 Å². The molecule has 3 N–H and O–H groups in total. The average Bonchev–Trinajstić information content (AvgIpc) is 3.03. The van der Waals surface area contributed by atoms with Crippen LogP contribution in [0.5, 0.6) is 0 Å². The third-order valence-corrected chi connectivity index (χ3v) is 5.34. The molecule has 0 aliphatic carbocycles. The minimum atomic E-state index is -0.153. The van der Waals surface area contributed by atoms with Crippen LogP contribution in [0.2, 0.25) is 0 Å². The maximum absolute atomic E-state index is 12.1. The summed E-state index contributed by atoms with van der Waals surface area (Å²) in [6.45, 7) is 5.99. The molecule has 2 heterocycles. The smallest absolute Gasteiger partial charge is 0.236 e. The lowest BCUT2D eigenvalue weighted by atomic mass is 10.1. The van der Waals surface area contributed by atoms with Gasteiger partial charge in [-0.2, -0.15) is 0 Å². The number of carbonyl (C=O) groups is 1. The van der Waals surface area contributed by atoms with E-state index in [1.54, 1.807) is 6.07 Å². The molecule has 0 atom stereocenters. The Morgan fingerprint density at radius 3 is 2.69 bits per heavy atom. The van der Waals surface area contributed by atoms with Crippen molar-refractivity contribution in [3.63, 3.8) is 0 Å². The Morgan fingerprint density at radius 2 is 1.96 bits per heavy atom. The second-order valence-electron chi connectivity index (χ2n) is 5.89. The van der Waals surface area contributed by atoms with Crippen molar-refractivity contribution >= 4 is 40.0 Å². The molecule has 6 nitrogen and oxygen atoms in total. The molecule has 1 amide bonds. The zero-order valence-electron chi connectivity index (χ0n) is 14.7. The number of nitrogens with two attached hydrogens (primary N) is 1. The Labute approximate surface area is 160 Å². The van der Waals surface area contributed by atoms with Crippen molar-refractivity contribution in [3.8, 4) is 11.3 Å². The van der Waals surface area contributed by atoms with Crippen LogP contribution in [0.25, 0.3) is 11.3 Å². The van der Waals surface area contributed by atoms with E-state index in [0.29, 0.717) is 16.1 Å². The highest BCUT2D eigenvalue weighted by molar-refractivity contribution is 7.99. The molecule has 3 aromatic rings. The molecule has 26 heavy (non-hydrogen) atoms. The van der Waals surface area contributed by atoms with Gasteiger partial charge in [-0.15, -0.1) is 11.3 Å². The number of thioether (sulfide) groups is 1. The Morgan fingerprint density at radius 1 is 1.15 bits per heavy atom. The van der Waals surface area contributed by atoms with Crippen LogP contribution in [0.3, 0.4) is 0 Å². The first-order valence-corrected chi connectivity index (χ1v) is 9.84. The first-order chi connectivity index (χ1) is 12.4. The van der Waals surface area contributed by atoms with E-state index in [0.717, 1.165) is 17.0 Å². The molecule has 0 fully saturated rings. The molecular formula is C18H19N5OS2. The number of anilines is 2. The molecule has 3 rings (SSSR count). The number of hydrogen-bond donors (Lipinski definition) is 2. The van der Waals surface area contributed by atoms with Crippen LogP contribution in [0, 0.1) is 20.8 Å². The topological polar surface area (TPSA) is 93.8 Å². The van der Waals surface area contributed by atoms with Gasteiger partial charge in [-0.05, 0) is 38.0 Å². The molecule has 0 bridgehead atoms. The number of aryl methyl sites for hydroxylation is 3. The highest BCUT2D eigenvalue weighted by atomic mass is 32.2. The summed E-state index contributed by atoms with van der Waals surface area (Å²) in [5.74, 6) is 0.444. The molecule has 2 aromatic heterocycles. The van der Waals surface area contributed by atoms with E-state index in [4.69, 9.17) is 5.73 Å². The predicted octanol–water partition coefficient (Wildman–Crippen LogP) is 3.84. The van der Waals surface area contributed by atoms with E-state index >= 15 is 0 Å². The lowest BCUT2D eigenvalue weighted by Crippen LogP contribution is -2.14. The van der Waals surface area contributed by atoms with Crippen molar-refractivity contribution in [3.05, 3.63) is 46.5 Å². The Hall–Kier alpha value is -2.45. The number of thiazole rings is 1. The van der Waals surface area contributed by atoms with Crippen LogP contribution in [0.4, 0.5) is 10.9 Å². The lowest BCUT2D eigenvalue weighted by Gasteiger charge is -2.04. The molecular weight excluding hydrogens is 366 g/mol. The van der Waals surface area contributed by atoms with E-state index in [2.05, 4.69) is 46.2 Å². The zero-order chi connectivity index (χ0) is 18.7. The molecule has 0 saturated heterocycles. The number of carbonyl (C=O) groups excluding carboxylic acids is 1. The van der Waals surface area contributed by atoms with Gasteiger partial charge in [0.05, 0.1) is 11.4 Å². The van der Waals surface area contributed by atoms with Crippen LogP contribution in [0.1, 0.15) is 16.8 Å². The summed E-state index contributed by atoms with van der Waals surface area (Å²) >= 11 is 2.65. The number of rotatable bonds is 5. The number of aromatic nitrogens is 3. The molecule has 0 aliphatic rings. The van der Waals surface area contributed by atoms with Gasteiger partial charge in [0.1, 0.15) is 5.82 Å². The van der Waals surface area contributed by atoms with Crippen molar-refractivity contribution in [2.24, 2.45) is 0 Å². The number of hydrogen-bond acceptors (Lipinski definition) is 7. The normalized spacial score (nSPS) is 10.7. The summed E-state index contributed by atoms with van der Waals surface area (Å²) in [5.41, 5.74) is 10.8. The number of nitrogen functional groups attached to an aromatic ring is 1. The van der Waals surface area contributed by atoms with Crippen LogP contribution in [-0.4, -0.2) is 26.6 Å². The van der Waals surface area contributed by atoms with E-state index in [9.17, 15) is 4.79 Å². The van der Waals surface area contributed by atoms with Gasteiger partial charge in [-0.1, -0.05) is 23.9 Å². The van der Waals surface area contributed by atoms with Gasteiger partial charge in [0, 0.05) is 22.7 Å². The molecule has 0 aliphatic heterocycles. The minimum Gasteiger partial charge on any atom is -0.384 e. The van der Waals surface area contributed by atoms with Gasteiger partial charge in [0.25, 0.3) is 0 Å². The summed E-state index contributed by atoms with van der Waals surface area (Å²) in [6.07, 6.45) is 0. The average molecular weight is 386 g/mol. The van der Waals surface area contributed by atoms with Gasteiger partial charge >= 0.3 is 0 Å². The molecule has 0 saturated carbocycles. The Bertz CT molecular complexity index is 934. The molecule has 0 spiro atoms. The van der Waals surface area contributed by atoms with Crippen molar-refractivity contribution < 1.29 is 4.79 Å². The Balaban J connectivity index is 1.61. The lowest BCUT2D eigenvalue weighted by molar-refractivity contribution is -0.113. The van der Waals surface area contributed by atoms with Gasteiger partial charge in [0.15, 0.2) is 10.3 Å². The summed E-state index contributed by atoms with van der Waals surface area (Å²) < 4.78 is 0. The SMILES string of the molecule is Cc1cc(N)nc(SCC(=O)Nc2nc(-c3ccc(C)c(C)c3)cs2)n1. The highest BCUT2D eigenvalue weighted by Crippen LogP contribution is 2.26. The molecule has 0 radical (unpaired) electrons. The van der Waals surface area contributed by atoms with Crippen molar-refractivity contribution in [2.75, 3.05) is 16.8 Å². The van der Waals surface area contributed by atoms with Crippen molar-refractivity contribution in [1.82, 2.24) is 15.0 Å². The second kappa shape index (κ2) is 7.84. The number of nitrogens with one attached hydrogen (secondary N) is 1. The number of nitrogens with zero attached hydrogens (tertiary/aromatic N) is 3. The first-order valence-electron chi connectivity index (χ1n) is 7.97. The third kappa shape index (κ3) is 4.59. The van der Waals surface area contributed by atoms with E-state index in [1.165, 1.54) is 34.2 Å². The second-order valence-corrected chi connectivity index (χ2v) is 7.69. The summed E-state index contributed by atoms with van der Waals surface area (Å²) in [7, 11) is 0. The van der Waals surface area contributed by atoms with Crippen LogP contribution in [0.15, 0.2) is 34.8 Å². The van der Waals surface area contributed by atoms with Crippen LogP contribution < -0.4 is 11.1 Å². The molecule has 1 aromatic carbocycles. The van der Waals surface area contributed by atoms with E-state index in [-0.39, 0.29) is 11.7 Å². The van der Waals surface area contributed by atoms with Crippen molar-refractivity contribution in [1.29, 1.82) is 0 Å². The zero-order valence-corrected chi connectivity index (χ0v) is 16.4. The minimum absolute atomic E-state index is 0.153. The maximum atomic E-state index is 12.1. The maximum Gasteiger partial charge on any atom is 0.236 e. The molecule has 134 valence electrons. The summed E-state index contributed by atoms with van der Waals surface area (Å²) in [4.78, 5) is 25.0. The van der Waals surface area contributed by atoms with Gasteiger partial charge < -0.3 is 11.1 Å². The number of amides is 1. The Kier molecular flexibility index (Phi) is 5.53. The summed E-state index contributed by atoms with van der Waals surface area (Å²) in [5, 5.41) is 5.83. The first kappa shape index (κ1) is 18.3. The van der Waals surface area contributed by atoms with E-state index < -0.39 is 0 Å². The highest BCUT2D eigenvalue weighted by Gasteiger charge is 2.10. The fourth-order valence-corrected chi connectivity index (χ4v) is 3.73. The van der Waals surface area contributed by atoms with Crippen LogP contribution >= 0.6 is 23.1 Å². The van der Waals surface area contributed by atoms with Crippen molar-refractivity contribution in [2.45, 2.75) is 25.9 Å². The quantitative estimate of drug-likeness (QED) is 0.512. The predicted molar refractivity (Wildman–Crippen MR) is 108 cm³/mol. The standard InChI is InChI=1S/C18H19N5OS2/c1-10-4-5-13(6-11(10)2)14-8-25-18(21-14)23-16(24)9-26-17-20-12(3)7-15(19)22-17/h4-8H,9H2,1-3H3,(H2,19,20,22)(H,21,23,24). The number of benzene rings is 1. The molecule has 8 heteroatoms. The fourth-order valence-electron chi connectivity index (χ4n) is 2.28. The van der Waals surface area contributed by atoms with Gasteiger partial charge in [0.2, 0.25) is 5.91 Å². The fraction of sp³-hybridized carbons (Fsp3) is 0.222. The van der Waals surface area contributed by atoms with E-state index in [1.807, 2.05) is 18.4 Å². The largest absolute Gasteiger partial charge is 0.384 e. The summed E-state index contributed by atoms with van der Waals surface area (Å²) in [6, 6.07) is 7.91. The third-order valence-electron chi connectivity index (χ3n) is 3.74. The van der Waals surface area contributed by atoms with Crippen LogP contribution in [-0.2, 0) is 4.79 Å².